The molecule has 35 heavy (non-hydrogen) atoms. The summed E-state index contributed by atoms with van der Waals surface area (Å²) in [6.45, 7) is 0.715. The fourth-order valence-electron chi connectivity index (χ4n) is 3.92. The zero-order chi connectivity index (χ0) is 23.9. The predicted molar refractivity (Wildman–Crippen MR) is 143 cm³/mol. The second-order valence-electron chi connectivity index (χ2n) is 7.99. The van der Waals surface area contributed by atoms with Crippen molar-refractivity contribution < 1.29 is 5.11 Å². The van der Waals surface area contributed by atoms with E-state index in [4.69, 9.17) is 15.1 Å². The summed E-state index contributed by atoms with van der Waals surface area (Å²) in [4.78, 5) is 18.8. The standard InChI is InChI=1S/C28H25N5OS/c34-13-14-35-19-20-15-22(17-29-16-20)27-32-25-11-6-10-24(21-7-2-1-3-8-21)26(25)28(33-27)31-18-23-9-4-5-12-30-23/h1-12,15-17,34H,13-14,18-19H2,(H,31,32,33). The maximum Gasteiger partial charge on any atom is 0.163 e. The molecular weight excluding hydrogens is 454 g/mol. The van der Waals surface area contributed by atoms with Gasteiger partial charge in [-0.05, 0) is 41.0 Å². The second kappa shape index (κ2) is 11.1. The number of aromatic nitrogens is 4. The van der Waals surface area contributed by atoms with E-state index >= 15 is 0 Å². The van der Waals surface area contributed by atoms with Crippen LogP contribution in [0.3, 0.4) is 0 Å². The summed E-state index contributed by atoms with van der Waals surface area (Å²) < 4.78 is 0. The van der Waals surface area contributed by atoms with Crippen molar-refractivity contribution in [1.82, 2.24) is 19.9 Å². The lowest BCUT2D eigenvalue weighted by molar-refractivity contribution is 0.322. The number of aliphatic hydroxyl groups is 1. The topological polar surface area (TPSA) is 83.8 Å². The first-order chi connectivity index (χ1) is 17.3. The van der Waals surface area contributed by atoms with E-state index in [9.17, 15) is 0 Å². The van der Waals surface area contributed by atoms with Crippen molar-refractivity contribution in [2.24, 2.45) is 0 Å². The molecule has 5 aromatic rings. The lowest BCUT2D eigenvalue weighted by Crippen LogP contribution is -2.06. The first kappa shape index (κ1) is 23.0. The molecule has 174 valence electrons. The first-order valence-corrected chi connectivity index (χ1v) is 12.6. The quantitative estimate of drug-likeness (QED) is 0.267. The van der Waals surface area contributed by atoms with Crippen LogP contribution in [0.5, 0.6) is 0 Å². The lowest BCUT2D eigenvalue weighted by Gasteiger charge is -2.14. The number of benzene rings is 2. The van der Waals surface area contributed by atoms with Crippen molar-refractivity contribution in [1.29, 1.82) is 0 Å². The van der Waals surface area contributed by atoms with E-state index in [0.717, 1.165) is 50.4 Å². The zero-order valence-corrected chi connectivity index (χ0v) is 19.9. The molecule has 3 aromatic heterocycles. The highest BCUT2D eigenvalue weighted by atomic mass is 32.2. The Morgan fingerprint density at radius 1 is 0.857 bits per heavy atom. The van der Waals surface area contributed by atoms with Crippen molar-refractivity contribution in [2.45, 2.75) is 12.3 Å². The summed E-state index contributed by atoms with van der Waals surface area (Å²) in [7, 11) is 0. The van der Waals surface area contributed by atoms with Crippen molar-refractivity contribution in [3.05, 3.63) is 103 Å². The van der Waals surface area contributed by atoms with E-state index in [1.165, 1.54) is 0 Å². The van der Waals surface area contributed by atoms with Gasteiger partial charge in [0.1, 0.15) is 5.82 Å². The molecule has 5 rings (SSSR count). The average molecular weight is 480 g/mol. The summed E-state index contributed by atoms with van der Waals surface area (Å²) in [6, 6.07) is 24.4. The molecule has 0 spiro atoms. The molecule has 0 bridgehead atoms. The highest BCUT2D eigenvalue weighted by Gasteiger charge is 2.15. The van der Waals surface area contributed by atoms with E-state index in [1.807, 2.05) is 54.7 Å². The Kier molecular flexibility index (Phi) is 7.27. The van der Waals surface area contributed by atoms with Gasteiger partial charge in [-0.2, -0.15) is 11.8 Å². The summed E-state index contributed by atoms with van der Waals surface area (Å²) in [5, 5.41) is 13.6. The molecule has 0 saturated carbocycles. The maximum atomic E-state index is 9.08. The van der Waals surface area contributed by atoms with Crippen LogP contribution in [0, 0.1) is 0 Å². The minimum absolute atomic E-state index is 0.167. The minimum Gasteiger partial charge on any atom is -0.396 e. The van der Waals surface area contributed by atoms with Gasteiger partial charge in [0.05, 0.1) is 29.7 Å². The highest BCUT2D eigenvalue weighted by Crippen LogP contribution is 2.34. The molecule has 0 amide bonds. The predicted octanol–water partition coefficient (Wildman–Crippen LogP) is 5.59. The third kappa shape index (κ3) is 5.48. The van der Waals surface area contributed by atoms with E-state index in [-0.39, 0.29) is 6.61 Å². The van der Waals surface area contributed by atoms with Crippen LogP contribution < -0.4 is 5.32 Å². The van der Waals surface area contributed by atoms with Crippen molar-refractivity contribution >= 4 is 28.5 Å². The second-order valence-corrected chi connectivity index (χ2v) is 9.10. The van der Waals surface area contributed by atoms with Gasteiger partial charge >= 0.3 is 0 Å². The molecule has 2 aromatic carbocycles. The molecule has 0 saturated heterocycles. The molecule has 3 heterocycles. The average Bonchev–Trinajstić information content (AvgIpc) is 2.92. The molecule has 7 heteroatoms. The van der Waals surface area contributed by atoms with Crippen LogP contribution in [-0.4, -0.2) is 37.4 Å². The summed E-state index contributed by atoms with van der Waals surface area (Å²) in [5.74, 6) is 2.85. The van der Waals surface area contributed by atoms with Crippen LogP contribution >= 0.6 is 11.8 Å². The van der Waals surface area contributed by atoms with Crippen LogP contribution in [0.4, 0.5) is 5.82 Å². The summed E-state index contributed by atoms with van der Waals surface area (Å²) in [5.41, 5.74) is 5.92. The fraction of sp³-hybridized carbons (Fsp3) is 0.143. The lowest BCUT2D eigenvalue weighted by atomic mass is 10.0. The minimum atomic E-state index is 0.167. The van der Waals surface area contributed by atoms with Crippen LogP contribution in [0.2, 0.25) is 0 Å². The highest BCUT2D eigenvalue weighted by molar-refractivity contribution is 7.98. The van der Waals surface area contributed by atoms with Gasteiger partial charge in [0, 0.05) is 35.7 Å². The smallest absolute Gasteiger partial charge is 0.163 e. The molecule has 0 unspecified atom stereocenters. The van der Waals surface area contributed by atoms with Crippen LogP contribution in [0.15, 0.2) is 91.4 Å². The first-order valence-electron chi connectivity index (χ1n) is 11.4. The molecular formula is C28H25N5OS. The Morgan fingerprint density at radius 3 is 2.57 bits per heavy atom. The largest absolute Gasteiger partial charge is 0.396 e. The zero-order valence-electron chi connectivity index (χ0n) is 19.1. The number of hydrogen-bond donors (Lipinski definition) is 2. The molecule has 0 fully saturated rings. The third-order valence-electron chi connectivity index (χ3n) is 5.53. The normalized spacial score (nSPS) is 11.0. The Hall–Kier alpha value is -3.81. The molecule has 2 N–H and O–H groups in total. The number of aliphatic hydroxyl groups excluding tert-OH is 1. The van der Waals surface area contributed by atoms with Gasteiger partial charge in [0.2, 0.25) is 0 Å². The molecule has 0 aliphatic carbocycles. The molecule has 0 aliphatic heterocycles. The van der Waals surface area contributed by atoms with Crippen molar-refractivity contribution in [2.75, 3.05) is 17.7 Å². The number of thioether (sulfide) groups is 1. The number of fused-ring (bicyclic) bond motifs is 1. The fourth-order valence-corrected chi connectivity index (χ4v) is 4.59. The number of hydrogen-bond acceptors (Lipinski definition) is 7. The van der Waals surface area contributed by atoms with Crippen molar-refractivity contribution in [3.63, 3.8) is 0 Å². The van der Waals surface area contributed by atoms with E-state index in [1.54, 1.807) is 24.2 Å². The molecule has 6 nitrogen and oxygen atoms in total. The Bertz CT molecular complexity index is 1410. The summed E-state index contributed by atoms with van der Waals surface area (Å²) in [6.07, 6.45) is 5.44. The Morgan fingerprint density at radius 2 is 1.74 bits per heavy atom. The van der Waals surface area contributed by atoms with Gasteiger partial charge in [0.15, 0.2) is 5.82 Å². The number of rotatable bonds is 9. The molecule has 0 aliphatic rings. The van der Waals surface area contributed by atoms with Gasteiger partial charge < -0.3 is 10.4 Å². The molecule has 0 atom stereocenters. The number of nitrogens with zero attached hydrogens (tertiary/aromatic N) is 4. The van der Waals surface area contributed by atoms with Gasteiger partial charge in [-0.1, -0.05) is 48.5 Å². The molecule has 0 radical (unpaired) electrons. The summed E-state index contributed by atoms with van der Waals surface area (Å²) >= 11 is 1.67. The Labute approximate surface area is 208 Å². The van der Waals surface area contributed by atoms with Crippen LogP contribution in [0.25, 0.3) is 33.4 Å². The van der Waals surface area contributed by atoms with Gasteiger partial charge in [-0.25, -0.2) is 9.97 Å². The number of nitrogens with one attached hydrogen (secondary N) is 1. The van der Waals surface area contributed by atoms with E-state index in [0.29, 0.717) is 18.1 Å². The number of pyridine rings is 2. The van der Waals surface area contributed by atoms with Crippen LogP contribution in [-0.2, 0) is 12.3 Å². The van der Waals surface area contributed by atoms with Gasteiger partial charge in [0.25, 0.3) is 0 Å². The van der Waals surface area contributed by atoms with Gasteiger partial charge in [-0.3, -0.25) is 9.97 Å². The maximum absolute atomic E-state index is 9.08. The number of anilines is 1. The van der Waals surface area contributed by atoms with E-state index < -0.39 is 0 Å². The SMILES string of the molecule is OCCSCc1cncc(-c2nc(NCc3ccccn3)c3c(-c4ccccc4)cccc3n2)c1. The monoisotopic (exact) mass is 479 g/mol. The van der Waals surface area contributed by atoms with E-state index in [2.05, 4.69) is 39.6 Å². The van der Waals surface area contributed by atoms with Crippen molar-refractivity contribution in [3.8, 4) is 22.5 Å². The third-order valence-corrected chi connectivity index (χ3v) is 6.54. The van der Waals surface area contributed by atoms with Crippen LogP contribution in [0.1, 0.15) is 11.3 Å². The Balaban J connectivity index is 1.59. The van der Waals surface area contributed by atoms with Gasteiger partial charge in [-0.15, -0.1) is 0 Å².